The molecule has 200 valence electrons. The molecule has 3 heterocycles. The highest BCUT2D eigenvalue weighted by atomic mass is 32.2. The van der Waals surface area contributed by atoms with Crippen molar-refractivity contribution in [3.63, 3.8) is 0 Å². The second kappa shape index (κ2) is 10.4. The molecular weight excluding hydrogens is 502 g/mol. The highest BCUT2D eigenvalue weighted by molar-refractivity contribution is 7.89. The summed E-state index contributed by atoms with van der Waals surface area (Å²) in [6, 6.07) is 14.4. The van der Waals surface area contributed by atoms with Crippen LogP contribution in [-0.2, 0) is 23.1 Å². The first-order valence-corrected chi connectivity index (χ1v) is 14.2. The molecule has 1 saturated heterocycles. The van der Waals surface area contributed by atoms with Crippen molar-refractivity contribution in [2.45, 2.75) is 50.4 Å². The molecule has 0 radical (unpaired) electrons. The summed E-state index contributed by atoms with van der Waals surface area (Å²) in [6.07, 6.45) is 1.36. The van der Waals surface area contributed by atoms with Crippen molar-refractivity contribution >= 4 is 21.9 Å². The number of β-amino-alcohol motifs (C(OH)–C–C–N with tert-alkyl or cyclic N) is 1. The topological polar surface area (TPSA) is 115 Å². The maximum Gasteiger partial charge on any atom is 0.317 e. The molecule has 2 aliphatic rings. The van der Waals surface area contributed by atoms with Gasteiger partial charge in [0.05, 0.1) is 17.0 Å². The number of carbonyl (C=O) groups is 1. The van der Waals surface area contributed by atoms with Crippen LogP contribution in [0.1, 0.15) is 28.7 Å². The molecule has 2 atom stereocenters. The lowest BCUT2D eigenvalue weighted by Crippen LogP contribution is -2.51. The van der Waals surface area contributed by atoms with E-state index in [1.165, 1.54) is 4.31 Å². The molecule has 5 rings (SSSR count). The molecule has 1 fully saturated rings. The van der Waals surface area contributed by atoms with E-state index in [1.807, 2.05) is 38.1 Å². The molecule has 1 aromatic heterocycles. The number of hydrogen-bond acceptors (Lipinski definition) is 6. The average Bonchev–Trinajstić information content (AvgIpc) is 3.36. The molecule has 2 aliphatic heterocycles. The number of piperidine rings is 1. The highest BCUT2D eigenvalue weighted by Crippen LogP contribution is 2.32. The number of aliphatic hydroxyl groups excluding tert-OH is 1. The van der Waals surface area contributed by atoms with Crippen LogP contribution in [0.5, 0.6) is 0 Å². The lowest BCUT2D eigenvalue weighted by molar-refractivity contribution is 0.0949. The molecule has 9 nitrogen and oxygen atoms in total. The van der Waals surface area contributed by atoms with Gasteiger partial charge in [0.25, 0.3) is 0 Å². The Morgan fingerprint density at radius 3 is 2.47 bits per heavy atom. The SMILES string of the molecule is CNC(=O)N1Cc2cc(-c3ccc(S(=O)(=O)N4CC[C@@H](Nc5ccc(C)cn5)[C@@H](O)C4)cc3)cc(C)c2C1. The van der Waals surface area contributed by atoms with Gasteiger partial charge in [0.2, 0.25) is 10.0 Å². The molecule has 3 N–H and O–H groups in total. The van der Waals surface area contributed by atoms with E-state index in [-0.39, 0.29) is 23.5 Å². The van der Waals surface area contributed by atoms with Gasteiger partial charge < -0.3 is 20.6 Å². The van der Waals surface area contributed by atoms with Gasteiger partial charge in [0, 0.05) is 39.4 Å². The first kappa shape index (κ1) is 26.1. The van der Waals surface area contributed by atoms with Crippen LogP contribution in [0.3, 0.4) is 0 Å². The van der Waals surface area contributed by atoms with E-state index in [2.05, 4.69) is 27.8 Å². The van der Waals surface area contributed by atoms with Crippen LogP contribution >= 0.6 is 0 Å². The fraction of sp³-hybridized carbons (Fsp3) is 0.357. The molecule has 2 aromatic carbocycles. The maximum absolute atomic E-state index is 13.4. The number of fused-ring (bicyclic) bond motifs is 1. The van der Waals surface area contributed by atoms with Gasteiger partial charge >= 0.3 is 6.03 Å². The largest absolute Gasteiger partial charge is 0.390 e. The third-order valence-electron chi connectivity index (χ3n) is 7.39. The van der Waals surface area contributed by atoms with Crippen molar-refractivity contribution in [3.05, 3.63) is 77.0 Å². The van der Waals surface area contributed by atoms with E-state index in [9.17, 15) is 18.3 Å². The Kier molecular flexibility index (Phi) is 7.13. The summed E-state index contributed by atoms with van der Waals surface area (Å²) in [5, 5.41) is 16.6. The number of sulfonamides is 1. The van der Waals surface area contributed by atoms with Crippen molar-refractivity contribution in [2.24, 2.45) is 0 Å². The zero-order chi connectivity index (χ0) is 27.0. The Labute approximate surface area is 223 Å². The zero-order valence-electron chi connectivity index (χ0n) is 21.8. The van der Waals surface area contributed by atoms with Crippen molar-refractivity contribution in [3.8, 4) is 11.1 Å². The molecule has 0 spiro atoms. The number of hydrogen-bond donors (Lipinski definition) is 3. The van der Waals surface area contributed by atoms with Gasteiger partial charge in [-0.15, -0.1) is 0 Å². The Hall–Kier alpha value is -3.47. The molecule has 0 unspecified atom stereocenters. The van der Waals surface area contributed by atoms with Gasteiger partial charge in [-0.2, -0.15) is 4.31 Å². The Morgan fingerprint density at radius 1 is 1.05 bits per heavy atom. The summed E-state index contributed by atoms with van der Waals surface area (Å²) in [4.78, 5) is 18.4. The molecule has 0 saturated carbocycles. The minimum absolute atomic E-state index is 0.0134. The van der Waals surface area contributed by atoms with E-state index in [0.717, 1.165) is 33.4 Å². The van der Waals surface area contributed by atoms with E-state index in [1.54, 1.807) is 30.3 Å². The number of aromatic nitrogens is 1. The monoisotopic (exact) mass is 535 g/mol. The van der Waals surface area contributed by atoms with Crippen LogP contribution in [0.4, 0.5) is 10.6 Å². The number of amides is 2. The summed E-state index contributed by atoms with van der Waals surface area (Å²) >= 11 is 0. The summed E-state index contributed by atoms with van der Waals surface area (Å²) in [7, 11) is -2.13. The number of benzene rings is 2. The Morgan fingerprint density at radius 2 is 1.82 bits per heavy atom. The number of rotatable bonds is 5. The number of aryl methyl sites for hydroxylation is 2. The van der Waals surface area contributed by atoms with Gasteiger partial charge in [0.15, 0.2) is 0 Å². The van der Waals surface area contributed by atoms with Crippen LogP contribution < -0.4 is 10.6 Å². The standard InChI is InChI=1S/C28H33N5O4S/c1-18-4-9-27(30-14-18)31-25-10-11-33(17-26(25)34)38(36,37)23-7-5-20(6-8-23)21-12-19(2)24-16-32(28(35)29-3)15-22(24)13-21/h4-9,12-14,25-26,34H,10-11,15-17H2,1-3H3,(H,29,35)(H,30,31)/t25-,26+/m1/s1. The number of carbonyl (C=O) groups excluding carboxylic acids is 1. The predicted molar refractivity (Wildman–Crippen MR) is 146 cm³/mol. The van der Waals surface area contributed by atoms with Gasteiger partial charge in [0.1, 0.15) is 5.82 Å². The lowest BCUT2D eigenvalue weighted by Gasteiger charge is -2.35. The molecule has 10 heteroatoms. The van der Waals surface area contributed by atoms with Crippen molar-refractivity contribution in [1.82, 2.24) is 19.5 Å². The van der Waals surface area contributed by atoms with Crippen LogP contribution in [0.25, 0.3) is 11.1 Å². The molecule has 2 amide bonds. The number of nitrogens with zero attached hydrogens (tertiary/aromatic N) is 3. The summed E-state index contributed by atoms with van der Waals surface area (Å²) in [5.74, 6) is 0.662. The predicted octanol–water partition coefficient (Wildman–Crippen LogP) is 3.26. The minimum Gasteiger partial charge on any atom is -0.390 e. The van der Waals surface area contributed by atoms with E-state index in [0.29, 0.717) is 31.9 Å². The first-order chi connectivity index (χ1) is 18.2. The minimum atomic E-state index is -3.75. The van der Waals surface area contributed by atoms with Gasteiger partial charge in [-0.3, -0.25) is 0 Å². The second-order valence-electron chi connectivity index (χ2n) is 10.1. The Balaban J connectivity index is 1.28. The number of urea groups is 1. The van der Waals surface area contributed by atoms with Crippen molar-refractivity contribution < 1.29 is 18.3 Å². The number of pyridine rings is 1. The smallest absolute Gasteiger partial charge is 0.317 e. The second-order valence-corrected chi connectivity index (χ2v) is 12.0. The summed E-state index contributed by atoms with van der Waals surface area (Å²) in [5.41, 5.74) is 6.30. The van der Waals surface area contributed by atoms with Gasteiger partial charge in [-0.1, -0.05) is 24.3 Å². The van der Waals surface area contributed by atoms with Crippen molar-refractivity contribution in [2.75, 3.05) is 25.5 Å². The molecule has 38 heavy (non-hydrogen) atoms. The van der Waals surface area contributed by atoms with Gasteiger partial charge in [-0.05, 0) is 77.9 Å². The molecule has 0 bridgehead atoms. The average molecular weight is 536 g/mol. The first-order valence-electron chi connectivity index (χ1n) is 12.7. The molecule has 0 aliphatic carbocycles. The summed E-state index contributed by atoms with van der Waals surface area (Å²) in [6.45, 7) is 5.43. The van der Waals surface area contributed by atoms with Crippen LogP contribution in [0.2, 0.25) is 0 Å². The Bertz CT molecular complexity index is 1440. The van der Waals surface area contributed by atoms with E-state index < -0.39 is 16.1 Å². The molecule has 3 aromatic rings. The van der Waals surface area contributed by atoms with Crippen LogP contribution in [-0.4, -0.2) is 66.0 Å². The fourth-order valence-corrected chi connectivity index (χ4v) is 6.65. The molecular formula is C28H33N5O4S. The quantitative estimate of drug-likeness (QED) is 0.462. The number of nitrogens with one attached hydrogen (secondary N) is 2. The normalized spacial score (nSPS) is 19.7. The third-order valence-corrected chi connectivity index (χ3v) is 9.27. The third kappa shape index (κ3) is 5.11. The highest BCUT2D eigenvalue weighted by Gasteiger charge is 2.35. The van der Waals surface area contributed by atoms with E-state index in [4.69, 9.17) is 0 Å². The van der Waals surface area contributed by atoms with Crippen LogP contribution in [0.15, 0.2) is 59.6 Å². The van der Waals surface area contributed by atoms with E-state index >= 15 is 0 Å². The number of anilines is 1. The zero-order valence-corrected chi connectivity index (χ0v) is 22.6. The van der Waals surface area contributed by atoms with Gasteiger partial charge in [-0.25, -0.2) is 18.2 Å². The maximum atomic E-state index is 13.4. The lowest BCUT2D eigenvalue weighted by atomic mass is 9.96. The number of aliphatic hydroxyl groups is 1. The van der Waals surface area contributed by atoms with Crippen LogP contribution in [0, 0.1) is 13.8 Å². The van der Waals surface area contributed by atoms with Crippen molar-refractivity contribution in [1.29, 1.82) is 0 Å². The fourth-order valence-electron chi connectivity index (χ4n) is 5.18. The summed E-state index contributed by atoms with van der Waals surface area (Å²) < 4.78 is 28.1.